The lowest BCUT2D eigenvalue weighted by Crippen LogP contribution is -2.52. The third-order valence-corrected chi connectivity index (χ3v) is 24.8. The van der Waals surface area contributed by atoms with Crippen molar-refractivity contribution in [3.8, 4) is 11.5 Å². The minimum Gasteiger partial charge on any atom is -0.508 e. The molecular weight excluding hydrogens is 1820 g/mol. The Bertz CT molecular complexity index is 4950. The third kappa shape index (κ3) is 38.7. The Kier molecular flexibility index (Phi) is 48.7. The monoisotopic (exact) mass is 1950 g/mol. The van der Waals surface area contributed by atoms with E-state index < -0.39 is 321 Å². The van der Waals surface area contributed by atoms with E-state index in [9.17, 15) is 152 Å². The number of ketones is 8. The van der Waals surface area contributed by atoms with Crippen molar-refractivity contribution in [1.82, 2.24) is 42.1 Å². The maximum Gasteiger partial charge on any atom is 0.304 e. The highest BCUT2D eigenvalue weighted by Crippen LogP contribution is 2.32. The number of Topliss-reactive ketones (excluding diaryl/α,β-unsaturated/α-hetero) is 8. The molecule has 0 spiro atoms. The number of hydrogen-bond donors (Lipinski definition) is 17. The van der Waals surface area contributed by atoms with Gasteiger partial charge in [-0.1, -0.05) is 101 Å². The van der Waals surface area contributed by atoms with E-state index in [1.54, 1.807) is 65.0 Å². The number of rotatable bonds is 68. The highest BCUT2D eigenvalue weighted by molar-refractivity contribution is 8.00. The summed E-state index contributed by atoms with van der Waals surface area (Å²) in [5.41, 5.74) is 5.67. The van der Waals surface area contributed by atoms with Gasteiger partial charge in [-0.3, -0.25) is 111 Å². The van der Waals surface area contributed by atoms with Crippen molar-refractivity contribution in [2.45, 2.75) is 232 Å². The fraction of sp³-hybridized carbons (Fsp3) is 0.542. The molecule has 4 aromatic carbocycles. The van der Waals surface area contributed by atoms with Gasteiger partial charge in [0.15, 0.2) is 34.7 Å². The lowest BCUT2D eigenvalue weighted by molar-refractivity contribution is -0.385. The summed E-state index contributed by atoms with van der Waals surface area (Å²) in [6.07, 6.45) is -10.8. The number of benzene rings is 4. The number of imide groups is 1. The number of phenols is 2. The number of hydrogen-bond acceptors (Lipinski definition) is 30. The molecule has 0 unspecified atom stereocenters. The van der Waals surface area contributed by atoms with E-state index in [1.807, 2.05) is 0 Å². The quantitative estimate of drug-likeness (QED) is 0.0130. The van der Waals surface area contributed by atoms with Crippen molar-refractivity contribution in [3.05, 3.63) is 135 Å². The number of carboxylic acids is 3. The zero-order valence-corrected chi connectivity index (χ0v) is 79.1. The standard InChI is InChI=1S/C96H128N10O31S/c1-8-53(4)87(82(120)41-61(35-58-22-27-65(111)28-23-58)90(129)100-73(34-52(2)3)78(116)39-62(43-84(123)124)89(128)99-54(5)16-12-13-32-97)104-92(131)64(48-107)42-79(117)74(37-59-24-29-66(112)30-25-59)101-91(130)63(44-85(125)126)40-80(118)76(49-108)103-94(133)72(56(7)110)46-81(119)75(36-57-17-10-9-11-18-57)102-93(132)71(55(6)109)45-68(114)47-98-88(127)60(26-31-83(121)122)38-69(115)51-138-50-67(113)19-15-33-105-95(134)70-20-14-21-77(106(136)137)86(70)96(105)135/h9-11,14,17-18,20-25,27-30,52-56,60-64,71-76,87,107-112H,8,12-13,15-16,19,26,31-51,97H2,1-7H3,(H,98,127)(H,99,128)(H,100,129)(H,101,130)(H,102,132)(H,103,133)(H,104,131)(H,121,122)(H,123,124)(H,125,126)/t53-,54+,55+,56+,60+,61+,62-,63-,64-,71-,72-,73-,74-,75-,76-,87-/m0/s1. The highest BCUT2D eigenvalue weighted by atomic mass is 32.2. The van der Waals surface area contributed by atoms with Crippen LogP contribution in [0.25, 0.3) is 0 Å². The van der Waals surface area contributed by atoms with Gasteiger partial charge < -0.3 is 88.9 Å². The molecule has 0 bridgehead atoms. The number of carbonyl (C=O) groups excluding carboxylic acids is 17. The van der Waals surface area contributed by atoms with Crippen LogP contribution in [0.15, 0.2) is 97.1 Å². The van der Waals surface area contributed by atoms with Gasteiger partial charge in [-0.25, -0.2) is 0 Å². The van der Waals surface area contributed by atoms with Gasteiger partial charge in [0, 0.05) is 88.3 Å². The van der Waals surface area contributed by atoms with Gasteiger partial charge >= 0.3 is 17.9 Å². The number of fused-ring (bicyclic) bond motifs is 1. The molecule has 42 heteroatoms. The summed E-state index contributed by atoms with van der Waals surface area (Å²) < 4.78 is 0. The van der Waals surface area contributed by atoms with Crippen molar-refractivity contribution in [3.63, 3.8) is 0 Å². The van der Waals surface area contributed by atoms with Crippen LogP contribution in [-0.2, 0) is 106 Å². The summed E-state index contributed by atoms with van der Waals surface area (Å²) in [7, 11) is 0. The summed E-state index contributed by atoms with van der Waals surface area (Å²) in [5, 5.41) is 123. The number of nitro benzene ring substituents is 1. The van der Waals surface area contributed by atoms with Crippen LogP contribution in [0.3, 0.4) is 0 Å². The first kappa shape index (κ1) is 116. The van der Waals surface area contributed by atoms with Gasteiger partial charge in [0.1, 0.15) is 34.7 Å². The average molecular weight is 1950 g/mol. The second-order valence-corrected chi connectivity index (χ2v) is 36.4. The summed E-state index contributed by atoms with van der Waals surface area (Å²) >= 11 is 0.859. The normalized spacial score (nSPS) is 15.3. The second-order valence-electron chi connectivity index (χ2n) is 35.5. The number of carbonyl (C=O) groups is 20. The van der Waals surface area contributed by atoms with Crippen LogP contribution in [-0.4, -0.2) is 266 Å². The van der Waals surface area contributed by atoms with Crippen molar-refractivity contribution >= 4 is 135 Å². The Morgan fingerprint density at radius 1 is 0.449 bits per heavy atom. The molecule has 4 aromatic rings. The molecule has 0 aliphatic carbocycles. The van der Waals surface area contributed by atoms with E-state index in [-0.39, 0.29) is 90.7 Å². The van der Waals surface area contributed by atoms with Crippen molar-refractivity contribution < 1.29 is 147 Å². The lowest BCUT2D eigenvalue weighted by atomic mass is 9.85. The Morgan fingerprint density at radius 2 is 0.935 bits per heavy atom. The average Bonchev–Trinajstić information content (AvgIpc) is 1.61. The number of carboxylic acid groups (broad SMARTS) is 3. The first-order chi connectivity index (χ1) is 65.2. The van der Waals surface area contributed by atoms with Gasteiger partial charge in [0.25, 0.3) is 17.5 Å². The Balaban J connectivity index is 1.27. The summed E-state index contributed by atoms with van der Waals surface area (Å²) in [4.78, 5) is 285. The predicted octanol–water partition coefficient (Wildman–Crippen LogP) is 3.27. The third-order valence-electron chi connectivity index (χ3n) is 23.7. The number of thioether (sulfide) groups is 1. The molecule has 18 N–H and O–H groups in total. The molecule has 16 atom stereocenters. The SMILES string of the molecule is CC[C@H](C)[C@H](NC(=O)[C@H](CO)CC(=O)[C@H](Cc1ccc(O)cc1)NC(=O)[C@H](CC(=O)O)CC(=O)[C@H](CO)NC(=O)[C@@H](CC(=O)[C@H](Cc1ccccc1)NC(=O)[C@@H](CC(=O)CNC(=O)[C@H](CCC(=O)O)CC(=O)CSCC(=O)CCCN1C(=O)c2cccc([N+](=O)[O-])c2C1=O)[C@@H](C)O)[C@@H](C)O)C(=O)C[C@@H](Cc1ccc(O)cc1)C(=O)N[C@@H](CC(C)C)C(=O)C[C@@H](CC(=O)O)C(=O)N[C@H](C)CCCCN. The molecule has 5 rings (SSSR count). The molecule has 0 saturated carbocycles. The van der Waals surface area contributed by atoms with Crippen LogP contribution in [0.2, 0.25) is 0 Å². The highest BCUT2D eigenvalue weighted by Gasteiger charge is 2.44. The van der Waals surface area contributed by atoms with Gasteiger partial charge in [0.2, 0.25) is 41.4 Å². The van der Waals surface area contributed by atoms with Gasteiger partial charge in [-0.05, 0) is 138 Å². The molecule has 9 amide bonds. The molecule has 0 fully saturated rings. The predicted molar refractivity (Wildman–Crippen MR) is 497 cm³/mol. The molecule has 0 saturated heterocycles. The van der Waals surface area contributed by atoms with Crippen LogP contribution in [0, 0.1) is 63.4 Å². The molecule has 1 aliphatic rings. The molecule has 754 valence electrons. The zero-order valence-electron chi connectivity index (χ0n) is 78.2. The van der Waals surface area contributed by atoms with Gasteiger partial charge in [-0.2, -0.15) is 0 Å². The summed E-state index contributed by atoms with van der Waals surface area (Å²) in [6.45, 7) is 7.77. The molecule has 1 heterocycles. The van der Waals surface area contributed by atoms with E-state index in [0.29, 0.717) is 36.9 Å². The minimum absolute atomic E-state index is 0.0152. The molecule has 1 aliphatic heterocycles. The number of nitrogens with two attached hydrogens (primary N) is 1. The second kappa shape index (κ2) is 58.1. The Hall–Kier alpha value is -12.8. The first-order valence-electron chi connectivity index (χ1n) is 45.7. The fourth-order valence-electron chi connectivity index (χ4n) is 15.7. The number of aromatic hydroxyl groups is 2. The number of nitrogens with zero attached hydrogens (tertiary/aromatic N) is 2. The number of amides is 9. The Morgan fingerprint density at radius 3 is 1.46 bits per heavy atom. The Labute approximate surface area is 801 Å². The molecular formula is C96H128N10O31S. The van der Waals surface area contributed by atoms with Crippen LogP contribution in [0.4, 0.5) is 5.69 Å². The molecule has 41 nitrogen and oxygen atoms in total. The van der Waals surface area contributed by atoms with Crippen LogP contribution >= 0.6 is 11.8 Å². The number of nitrogens with one attached hydrogen (secondary N) is 7. The van der Waals surface area contributed by atoms with E-state index in [0.717, 1.165) is 36.6 Å². The van der Waals surface area contributed by atoms with Crippen molar-refractivity contribution in [2.24, 2.45) is 59.0 Å². The maximum absolute atomic E-state index is 14.9. The number of phenolic OH excluding ortho intramolecular Hbond substituents is 2. The summed E-state index contributed by atoms with van der Waals surface area (Å²) in [5.74, 6) is -32.7. The number of unbranched alkanes of at least 4 members (excludes halogenated alkanes) is 1. The molecule has 0 radical (unpaired) electrons. The summed E-state index contributed by atoms with van der Waals surface area (Å²) in [6, 6.07) is 13.8. The first-order valence-corrected chi connectivity index (χ1v) is 46.9. The van der Waals surface area contributed by atoms with E-state index in [1.165, 1.54) is 60.7 Å². The number of aliphatic carboxylic acids is 3. The van der Waals surface area contributed by atoms with Crippen LogP contribution < -0.4 is 43.0 Å². The zero-order chi connectivity index (χ0) is 103. The molecule has 138 heavy (non-hydrogen) atoms. The van der Waals surface area contributed by atoms with E-state index in [2.05, 4.69) is 37.2 Å². The van der Waals surface area contributed by atoms with Gasteiger partial charge in [-0.15, -0.1) is 11.8 Å². The van der Waals surface area contributed by atoms with Crippen LogP contribution in [0.1, 0.15) is 201 Å². The van der Waals surface area contributed by atoms with Crippen LogP contribution in [0.5, 0.6) is 11.5 Å². The van der Waals surface area contributed by atoms with E-state index in [4.69, 9.17) is 5.73 Å². The van der Waals surface area contributed by atoms with Gasteiger partial charge in [0.05, 0.1) is 121 Å². The lowest BCUT2D eigenvalue weighted by Gasteiger charge is -2.28. The minimum atomic E-state index is -2.01. The number of aliphatic hydroxyl groups excluding tert-OH is 4. The maximum atomic E-state index is 14.9. The smallest absolute Gasteiger partial charge is 0.304 e. The largest absolute Gasteiger partial charge is 0.508 e. The fourth-order valence-corrected chi connectivity index (χ4v) is 16.5. The van der Waals surface area contributed by atoms with Crippen molar-refractivity contribution in [1.29, 1.82) is 0 Å². The van der Waals surface area contributed by atoms with E-state index >= 15 is 0 Å². The molecule has 0 aromatic heterocycles. The topological polar surface area (TPSA) is 680 Å². The van der Waals surface area contributed by atoms with Crippen molar-refractivity contribution in [2.75, 3.05) is 44.4 Å². The number of nitro groups is 1. The number of aliphatic hydroxyl groups is 4.